The van der Waals surface area contributed by atoms with Gasteiger partial charge in [-0.25, -0.2) is 0 Å². The second-order valence-corrected chi connectivity index (χ2v) is 7.10. The molecule has 3 aromatic carbocycles. The lowest BCUT2D eigenvalue weighted by Gasteiger charge is -2.22. The van der Waals surface area contributed by atoms with Gasteiger partial charge >= 0.3 is 0 Å². The topological polar surface area (TPSA) is 58.6 Å². The minimum atomic E-state index is -0.218. The van der Waals surface area contributed by atoms with Crippen LogP contribution in [0.5, 0.6) is 5.75 Å². The van der Waals surface area contributed by atoms with Gasteiger partial charge in [0.15, 0.2) is 0 Å². The number of anilines is 1. The van der Waals surface area contributed by atoms with Gasteiger partial charge in [-0.15, -0.1) is 0 Å². The van der Waals surface area contributed by atoms with E-state index in [4.69, 9.17) is 4.74 Å². The Balaban J connectivity index is 1.50. The average molecular weight is 386 g/mol. The Morgan fingerprint density at radius 3 is 2.45 bits per heavy atom. The molecule has 1 N–H and O–H groups in total. The average Bonchev–Trinajstić information content (AvgIpc) is 2.86. The fraction of sp³-hybridized carbons (Fsp3) is 0.167. The summed E-state index contributed by atoms with van der Waals surface area (Å²) in [7, 11) is 0. The number of amides is 2. The molecule has 0 bridgehead atoms. The van der Waals surface area contributed by atoms with Crippen LogP contribution >= 0.6 is 0 Å². The Bertz CT molecular complexity index is 1030. The van der Waals surface area contributed by atoms with E-state index in [1.807, 2.05) is 79.7 Å². The van der Waals surface area contributed by atoms with E-state index in [0.29, 0.717) is 24.4 Å². The summed E-state index contributed by atoms with van der Waals surface area (Å²) in [6, 6.07) is 23.3. The molecule has 1 heterocycles. The normalized spacial score (nSPS) is 13.5. The van der Waals surface area contributed by atoms with Crippen molar-refractivity contribution >= 4 is 17.5 Å². The van der Waals surface area contributed by atoms with Crippen LogP contribution in [0.1, 0.15) is 27.0 Å². The summed E-state index contributed by atoms with van der Waals surface area (Å²) in [5.74, 6) is 0.419. The van der Waals surface area contributed by atoms with Gasteiger partial charge in [0, 0.05) is 0 Å². The van der Waals surface area contributed by atoms with Gasteiger partial charge in [-0.1, -0.05) is 54.1 Å². The second-order valence-electron chi connectivity index (χ2n) is 7.10. The number of nitrogens with zero attached hydrogens (tertiary/aromatic N) is 1. The Labute approximate surface area is 169 Å². The number of fused-ring (bicyclic) bond motifs is 1. The van der Waals surface area contributed by atoms with Gasteiger partial charge in [-0.3, -0.25) is 9.59 Å². The zero-order valence-electron chi connectivity index (χ0n) is 16.2. The highest BCUT2D eigenvalue weighted by Gasteiger charge is 2.26. The van der Waals surface area contributed by atoms with Crippen LogP contribution in [0.15, 0.2) is 72.8 Å². The first-order valence-electron chi connectivity index (χ1n) is 9.55. The number of ether oxygens (including phenoxy) is 1. The van der Waals surface area contributed by atoms with Crippen molar-refractivity contribution in [3.63, 3.8) is 0 Å². The van der Waals surface area contributed by atoms with Gasteiger partial charge in [0.1, 0.15) is 12.4 Å². The van der Waals surface area contributed by atoms with Gasteiger partial charge < -0.3 is 15.0 Å². The molecule has 29 heavy (non-hydrogen) atoms. The minimum Gasteiger partial charge on any atom is -0.489 e. The smallest absolute Gasteiger partial charge is 0.253 e. The van der Waals surface area contributed by atoms with E-state index in [2.05, 4.69) is 5.32 Å². The lowest BCUT2D eigenvalue weighted by atomic mass is 10.1. The fourth-order valence-corrected chi connectivity index (χ4v) is 3.34. The first-order valence-corrected chi connectivity index (χ1v) is 9.55. The van der Waals surface area contributed by atoms with Crippen molar-refractivity contribution in [3.8, 4) is 5.75 Å². The van der Waals surface area contributed by atoms with Crippen LogP contribution in [0.4, 0.5) is 5.69 Å². The quantitative estimate of drug-likeness (QED) is 0.725. The molecule has 1 aliphatic rings. The Kier molecular flexibility index (Phi) is 5.29. The maximum atomic E-state index is 12.6. The molecule has 0 saturated carbocycles. The van der Waals surface area contributed by atoms with E-state index >= 15 is 0 Å². The molecule has 5 nitrogen and oxygen atoms in total. The zero-order valence-corrected chi connectivity index (χ0v) is 16.2. The SMILES string of the molecule is Cc1ccc2c(c1)C(=O)NCC(=O)N2Cc1ccc(OCc2ccccc2)cc1. The second kappa shape index (κ2) is 8.19. The maximum Gasteiger partial charge on any atom is 0.253 e. The fourth-order valence-electron chi connectivity index (χ4n) is 3.34. The van der Waals surface area contributed by atoms with Crippen LogP contribution in [-0.2, 0) is 17.9 Å². The van der Waals surface area contributed by atoms with Crippen LogP contribution in [0.3, 0.4) is 0 Å². The van der Waals surface area contributed by atoms with Gasteiger partial charge in [-0.05, 0) is 42.3 Å². The highest BCUT2D eigenvalue weighted by Crippen LogP contribution is 2.26. The predicted octanol–water partition coefficient (Wildman–Crippen LogP) is 3.85. The van der Waals surface area contributed by atoms with Crippen LogP contribution in [0.2, 0.25) is 0 Å². The largest absolute Gasteiger partial charge is 0.489 e. The van der Waals surface area contributed by atoms with Crippen LogP contribution < -0.4 is 15.0 Å². The molecule has 1 aliphatic heterocycles. The highest BCUT2D eigenvalue weighted by atomic mass is 16.5. The molecule has 0 aromatic heterocycles. The zero-order chi connectivity index (χ0) is 20.2. The molecule has 0 saturated heterocycles. The number of carbonyl (C=O) groups excluding carboxylic acids is 2. The number of benzene rings is 3. The molecule has 2 amide bonds. The summed E-state index contributed by atoms with van der Waals surface area (Å²) in [6.45, 7) is 2.82. The van der Waals surface area contributed by atoms with Crippen LogP contribution in [0.25, 0.3) is 0 Å². The maximum absolute atomic E-state index is 12.6. The predicted molar refractivity (Wildman–Crippen MR) is 112 cm³/mol. The molecule has 0 unspecified atom stereocenters. The molecule has 0 atom stereocenters. The third-order valence-electron chi connectivity index (χ3n) is 4.90. The van der Waals surface area contributed by atoms with Gasteiger partial charge in [0.05, 0.1) is 24.3 Å². The molecule has 4 rings (SSSR count). The summed E-state index contributed by atoms with van der Waals surface area (Å²) >= 11 is 0. The third-order valence-corrected chi connectivity index (χ3v) is 4.90. The number of rotatable bonds is 5. The number of aryl methyl sites for hydroxylation is 1. The van der Waals surface area contributed by atoms with Crippen molar-refractivity contribution in [2.45, 2.75) is 20.1 Å². The molecular formula is C24H22N2O3. The standard InChI is InChI=1S/C24H22N2O3/c1-17-7-12-22-21(13-17)24(28)25-14-23(27)26(22)15-18-8-10-20(11-9-18)29-16-19-5-3-2-4-6-19/h2-13H,14-16H2,1H3,(H,25,28). The van der Waals surface area contributed by atoms with E-state index in [1.165, 1.54) is 0 Å². The Morgan fingerprint density at radius 1 is 0.931 bits per heavy atom. The first-order chi connectivity index (χ1) is 14.1. The van der Waals surface area contributed by atoms with Crippen molar-refractivity contribution in [2.24, 2.45) is 0 Å². The molecule has 0 aliphatic carbocycles. The summed E-state index contributed by atoms with van der Waals surface area (Å²) in [6.07, 6.45) is 0. The third kappa shape index (κ3) is 4.29. The molecular weight excluding hydrogens is 364 g/mol. The van der Waals surface area contributed by atoms with Gasteiger partial charge in [-0.2, -0.15) is 0 Å². The summed E-state index contributed by atoms with van der Waals surface area (Å²) in [5, 5.41) is 2.68. The highest BCUT2D eigenvalue weighted by molar-refractivity contribution is 6.09. The van der Waals surface area contributed by atoms with E-state index < -0.39 is 0 Å². The van der Waals surface area contributed by atoms with Crippen molar-refractivity contribution in [3.05, 3.63) is 95.1 Å². The molecule has 146 valence electrons. The van der Waals surface area contributed by atoms with Crippen molar-refractivity contribution in [1.29, 1.82) is 0 Å². The van der Waals surface area contributed by atoms with Crippen molar-refractivity contribution < 1.29 is 14.3 Å². The minimum absolute atomic E-state index is 0.00910. The van der Waals surface area contributed by atoms with E-state index in [1.54, 1.807) is 4.90 Å². The van der Waals surface area contributed by atoms with Crippen LogP contribution in [-0.4, -0.2) is 18.4 Å². The van der Waals surface area contributed by atoms with E-state index in [9.17, 15) is 9.59 Å². The number of nitrogens with one attached hydrogen (secondary N) is 1. The first kappa shape index (κ1) is 18.7. The van der Waals surface area contributed by atoms with Crippen molar-refractivity contribution in [1.82, 2.24) is 5.32 Å². The van der Waals surface area contributed by atoms with Crippen LogP contribution in [0, 0.1) is 6.92 Å². The van der Waals surface area contributed by atoms with Gasteiger partial charge in [0.2, 0.25) is 5.91 Å². The molecule has 5 heteroatoms. The summed E-state index contributed by atoms with van der Waals surface area (Å²) < 4.78 is 5.83. The number of hydrogen-bond acceptors (Lipinski definition) is 3. The van der Waals surface area contributed by atoms with Gasteiger partial charge in [0.25, 0.3) is 5.91 Å². The Hall–Kier alpha value is -3.60. The van der Waals surface area contributed by atoms with E-state index in [0.717, 1.165) is 22.4 Å². The molecule has 0 radical (unpaired) electrons. The lowest BCUT2D eigenvalue weighted by molar-refractivity contribution is -0.117. The monoisotopic (exact) mass is 386 g/mol. The van der Waals surface area contributed by atoms with E-state index in [-0.39, 0.29) is 18.4 Å². The number of carbonyl (C=O) groups is 2. The van der Waals surface area contributed by atoms with Crippen molar-refractivity contribution in [2.75, 3.05) is 11.4 Å². The molecule has 3 aromatic rings. The summed E-state index contributed by atoms with van der Waals surface area (Å²) in [4.78, 5) is 26.6. The molecule has 0 spiro atoms. The Morgan fingerprint density at radius 2 is 1.69 bits per heavy atom. The summed E-state index contributed by atoms with van der Waals surface area (Å²) in [5.41, 5.74) is 4.22. The molecule has 0 fully saturated rings. The lowest BCUT2D eigenvalue weighted by Crippen LogP contribution is -2.36. The number of hydrogen-bond donors (Lipinski definition) is 1.